The van der Waals surface area contributed by atoms with E-state index in [1.165, 1.54) is 13.8 Å². The van der Waals surface area contributed by atoms with Gasteiger partial charge in [-0.2, -0.15) is 8.78 Å². The second-order valence-corrected chi connectivity index (χ2v) is 6.98. The number of rotatable bonds is 6. The Labute approximate surface area is 160 Å². The third-order valence-corrected chi connectivity index (χ3v) is 4.79. The van der Waals surface area contributed by atoms with Crippen LogP contribution in [0.15, 0.2) is 48.5 Å². The van der Waals surface area contributed by atoms with Crippen LogP contribution in [0.1, 0.15) is 30.9 Å². The molecule has 1 unspecified atom stereocenters. The van der Waals surface area contributed by atoms with Gasteiger partial charge in [0.15, 0.2) is 6.10 Å². The highest BCUT2D eigenvalue weighted by atomic mass is 19.3. The molecule has 148 valence electrons. The summed E-state index contributed by atoms with van der Waals surface area (Å²) in [5.74, 6) is -8.13. The smallest absolute Gasteiger partial charge is 0.508 e. The molecule has 5 nitrogen and oxygen atoms in total. The minimum atomic E-state index is -4.32. The second kappa shape index (κ2) is 7.58. The van der Waals surface area contributed by atoms with Gasteiger partial charge in [0.2, 0.25) is 0 Å². The van der Waals surface area contributed by atoms with Crippen LogP contribution in [-0.2, 0) is 14.3 Å². The number of hydrogen-bond acceptors (Lipinski definition) is 5. The molecule has 0 aliphatic heterocycles. The largest absolute Gasteiger partial charge is 0.544 e. The van der Waals surface area contributed by atoms with E-state index in [2.05, 4.69) is 4.74 Å². The number of benzene rings is 2. The van der Waals surface area contributed by atoms with Gasteiger partial charge in [-0.1, -0.05) is 62.4 Å². The number of alkyl halides is 2. The molecule has 0 fully saturated rings. The molecule has 2 aromatic rings. The maximum absolute atomic E-state index is 13.8. The van der Waals surface area contributed by atoms with Gasteiger partial charge >= 0.3 is 12.1 Å². The minimum Gasteiger partial charge on any atom is -0.544 e. The standard InChI is InChI=1S/C21H20F2O5/c1-12(2)18(21(22,23)19(24)25)28-20(26)27-11-17-15-9-5-3-7-13(15)14-8-4-6-10-16(14)17/h3-10,12,17-18H,11H2,1-2H3,(H,24,25)/p-1. The lowest BCUT2D eigenvalue weighted by Crippen LogP contribution is -2.53. The van der Waals surface area contributed by atoms with Gasteiger partial charge < -0.3 is 19.4 Å². The third kappa shape index (κ3) is 3.56. The number of carbonyl (C=O) groups excluding carboxylic acids is 2. The summed E-state index contributed by atoms with van der Waals surface area (Å²) < 4.78 is 37.3. The summed E-state index contributed by atoms with van der Waals surface area (Å²) in [5, 5.41) is 10.7. The summed E-state index contributed by atoms with van der Waals surface area (Å²) in [6, 6.07) is 15.3. The number of ether oxygens (including phenoxy) is 2. The molecule has 1 aliphatic rings. The fourth-order valence-electron chi connectivity index (χ4n) is 3.47. The Hall–Kier alpha value is -2.96. The monoisotopic (exact) mass is 389 g/mol. The zero-order valence-electron chi connectivity index (χ0n) is 15.4. The predicted molar refractivity (Wildman–Crippen MR) is 94.7 cm³/mol. The van der Waals surface area contributed by atoms with Gasteiger partial charge in [-0.15, -0.1) is 0 Å². The van der Waals surface area contributed by atoms with Crippen LogP contribution in [0, 0.1) is 5.92 Å². The van der Waals surface area contributed by atoms with Gasteiger partial charge in [0.1, 0.15) is 12.6 Å². The Kier molecular flexibility index (Phi) is 5.36. The van der Waals surface area contributed by atoms with Crippen LogP contribution >= 0.6 is 0 Å². The van der Waals surface area contributed by atoms with Crippen LogP contribution in [0.25, 0.3) is 11.1 Å². The molecule has 0 aromatic heterocycles. The first-order chi connectivity index (χ1) is 13.2. The first-order valence-corrected chi connectivity index (χ1v) is 8.84. The first-order valence-electron chi connectivity index (χ1n) is 8.84. The Bertz CT molecular complexity index is 848. The molecule has 3 rings (SSSR count). The van der Waals surface area contributed by atoms with E-state index in [0.29, 0.717) is 0 Å². The summed E-state index contributed by atoms with van der Waals surface area (Å²) in [7, 11) is 0. The molecule has 0 heterocycles. The summed E-state index contributed by atoms with van der Waals surface area (Å²) >= 11 is 0. The molecule has 0 saturated heterocycles. The van der Waals surface area contributed by atoms with Crippen LogP contribution in [0.4, 0.5) is 13.6 Å². The van der Waals surface area contributed by atoms with Gasteiger partial charge in [0.25, 0.3) is 0 Å². The van der Waals surface area contributed by atoms with Crippen molar-refractivity contribution in [3.63, 3.8) is 0 Å². The summed E-state index contributed by atoms with van der Waals surface area (Å²) in [4.78, 5) is 22.7. The van der Waals surface area contributed by atoms with E-state index in [1.54, 1.807) is 0 Å². The van der Waals surface area contributed by atoms with Crippen molar-refractivity contribution in [2.45, 2.75) is 31.8 Å². The van der Waals surface area contributed by atoms with Crippen molar-refractivity contribution in [2.24, 2.45) is 5.92 Å². The van der Waals surface area contributed by atoms with E-state index in [9.17, 15) is 23.5 Å². The fraction of sp³-hybridized carbons (Fsp3) is 0.333. The van der Waals surface area contributed by atoms with Crippen LogP contribution in [-0.4, -0.2) is 30.8 Å². The molecule has 7 heteroatoms. The lowest BCUT2D eigenvalue weighted by atomic mass is 9.98. The summed E-state index contributed by atoms with van der Waals surface area (Å²) in [6.07, 6.45) is -3.53. The van der Waals surface area contributed by atoms with Gasteiger partial charge in [-0.25, -0.2) is 4.79 Å². The zero-order valence-corrected chi connectivity index (χ0v) is 15.4. The molecule has 2 aromatic carbocycles. The molecule has 1 atom stereocenters. The molecule has 0 amide bonds. The molecule has 0 radical (unpaired) electrons. The summed E-state index contributed by atoms with van der Waals surface area (Å²) in [6.45, 7) is 2.52. The Morgan fingerprint density at radius 3 is 2.00 bits per heavy atom. The molecular formula is C21H19F2O5-. The van der Waals surface area contributed by atoms with Crippen molar-refractivity contribution in [1.82, 2.24) is 0 Å². The van der Waals surface area contributed by atoms with Gasteiger partial charge in [0.05, 0.1) is 0 Å². The zero-order chi connectivity index (χ0) is 20.5. The van der Waals surface area contributed by atoms with E-state index in [4.69, 9.17) is 4.74 Å². The minimum absolute atomic E-state index is 0.116. The quantitative estimate of drug-likeness (QED) is 0.708. The SMILES string of the molecule is CC(C)C(OC(=O)OCC1c2ccccc2-c2ccccc21)C(F)(F)C(=O)[O-]. The van der Waals surface area contributed by atoms with Crippen LogP contribution in [0.5, 0.6) is 0 Å². The second-order valence-electron chi connectivity index (χ2n) is 6.98. The number of carbonyl (C=O) groups is 2. The van der Waals surface area contributed by atoms with Crippen LogP contribution < -0.4 is 5.11 Å². The van der Waals surface area contributed by atoms with Gasteiger partial charge in [0, 0.05) is 5.92 Å². The highest BCUT2D eigenvalue weighted by Gasteiger charge is 2.46. The number of carboxylic acids is 1. The number of fused-ring (bicyclic) bond motifs is 3. The Balaban J connectivity index is 1.74. The molecule has 28 heavy (non-hydrogen) atoms. The van der Waals surface area contributed by atoms with Gasteiger partial charge in [-0.3, -0.25) is 0 Å². The van der Waals surface area contributed by atoms with Crippen LogP contribution in [0.2, 0.25) is 0 Å². The maximum Gasteiger partial charge on any atom is 0.508 e. The molecule has 0 spiro atoms. The summed E-state index contributed by atoms with van der Waals surface area (Å²) in [5.41, 5.74) is 3.95. The maximum atomic E-state index is 13.8. The lowest BCUT2D eigenvalue weighted by Gasteiger charge is -2.29. The average Bonchev–Trinajstić information content (AvgIpc) is 2.98. The van der Waals surface area contributed by atoms with Crippen molar-refractivity contribution >= 4 is 12.1 Å². The average molecular weight is 389 g/mol. The Morgan fingerprint density at radius 1 is 1.04 bits per heavy atom. The van der Waals surface area contributed by atoms with Crippen molar-refractivity contribution < 1.29 is 33.0 Å². The number of halogens is 2. The van der Waals surface area contributed by atoms with Crippen molar-refractivity contribution in [1.29, 1.82) is 0 Å². The van der Waals surface area contributed by atoms with Crippen molar-refractivity contribution in [3.05, 3.63) is 59.7 Å². The fourth-order valence-corrected chi connectivity index (χ4v) is 3.47. The van der Waals surface area contributed by atoms with Gasteiger partial charge in [-0.05, 0) is 28.2 Å². The van der Waals surface area contributed by atoms with Crippen molar-refractivity contribution in [2.75, 3.05) is 6.61 Å². The highest BCUT2D eigenvalue weighted by Crippen LogP contribution is 2.44. The van der Waals surface area contributed by atoms with Crippen LogP contribution in [0.3, 0.4) is 0 Å². The predicted octanol–water partition coefficient (Wildman–Crippen LogP) is 3.36. The number of carboxylic acid groups (broad SMARTS) is 1. The van der Waals surface area contributed by atoms with E-state index >= 15 is 0 Å². The molecule has 0 N–H and O–H groups in total. The topological polar surface area (TPSA) is 75.7 Å². The number of hydrogen-bond donors (Lipinski definition) is 0. The molecule has 1 aliphatic carbocycles. The molecular weight excluding hydrogens is 370 g/mol. The van der Waals surface area contributed by atoms with E-state index < -0.39 is 30.1 Å². The number of aliphatic carboxylic acids is 1. The highest BCUT2D eigenvalue weighted by molar-refractivity contribution is 5.79. The third-order valence-electron chi connectivity index (χ3n) is 4.79. The normalized spacial score (nSPS) is 14.3. The molecule has 0 saturated carbocycles. The Morgan fingerprint density at radius 2 is 1.54 bits per heavy atom. The van der Waals surface area contributed by atoms with E-state index in [-0.39, 0.29) is 12.5 Å². The van der Waals surface area contributed by atoms with E-state index in [0.717, 1.165) is 22.3 Å². The molecule has 0 bridgehead atoms. The van der Waals surface area contributed by atoms with Crippen molar-refractivity contribution in [3.8, 4) is 11.1 Å². The lowest BCUT2D eigenvalue weighted by molar-refractivity contribution is -0.337. The van der Waals surface area contributed by atoms with E-state index in [1.807, 2.05) is 48.5 Å². The first kappa shape index (κ1) is 19.8.